The summed E-state index contributed by atoms with van der Waals surface area (Å²) in [5.74, 6) is -0.896. The van der Waals surface area contributed by atoms with Gasteiger partial charge in [-0.3, -0.25) is 4.18 Å². The summed E-state index contributed by atoms with van der Waals surface area (Å²) in [6.07, 6.45) is -0.939. The molecule has 0 aromatic heterocycles. The Morgan fingerprint density at radius 1 is 1.33 bits per heavy atom. The van der Waals surface area contributed by atoms with E-state index in [4.69, 9.17) is 21.1 Å². The van der Waals surface area contributed by atoms with Gasteiger partial charge in [-0.2, -0.15) is 13.1 Å². The van der Waals surface area contributed by atoms with Gasteiger partial charge < -0.3 is 9.47 Å². The highest BCUT2D eigenvalue weighted by Gasteiger charge is 2.43. The molecule has 1 saturated heterocycles. The molecule has 0 radical (unpaired) electrons. The van der Waals surface area contributed by atoms with E-state index in [9.17, 15) is 8.42 Å². The van der Waals surface area contributed by atoms with Crippen LogP contribution in [0.1, 0.15) is 19.4 Å². The molecule has 1 heterocycles. The van der Waals surface area contributed by atoms with Crippen molar-refractivity contribution in [3.63, 3.8) is 0 Å². The van der Waals surface area contributed by atoms with E-state index in [1.165, 1.54) is 0 Å². The van der Waals surface area contributed by atoms with Gasteiger partial charge in [0.2, 0.25) is 0 Å². The Morgan fingerprint density at radius 2 is 2.00 bits per heavy atom. The number of benzene rings is 1. The van der Waals surface area contributed by atoms with Crippen molar-refractivity contribution in [2.24, 2.45) is 0 Å². The fourth-order valence-electron chi connectivity index (χ4n) is 2.16. The van der Waals surface area contributed by atoms with Gasteiger partial charge in [-0.05, 0) is 25.5 Å². The molecule has 1 aliphatic rings. The van der Waals surface area contributed by atoms with Crippen LogP contribution in [0, 0.1) is 0 Å². The second-order valence-corrected chi connectivity index (χ2v) is 7.01. The lowest BCUT2D eigenvalue weighted by atomic mass is 10.1. The molecule has 1 aromatic carbocycles. The zero-order valence-electron chi connectivity index (χ0n) is 12.0. The first kappa shape index (κ1) is 16.7. The summed E-state index contributed by atoms with van der Waals surface area (Å²) in [4.78, 5) is 0. The maximum Gasteiger partial charge on any atom is 0.337 e. The number of hydrogen-bond acceptors (Lipinski definition) is 5. The SMILES string of the molecule is COS(=O)(=O)N[C@@H]1OC(C)(C)O[C@@H]1Cc1ccccc1Cl. The van der Waals surface area contributed by atoms with E-state index in [-0.39, 0.29) is 0 Å². The molecule has 0 aliphatic carbocycles. The molecule has 1 N–H and O–H groups in total. The van der Waals surface area contributed by atoms with Gasteiger partial charge in [-0.1, -0.05) is 29.8 Å². The highest BCUT2D eigenvalue weighted by molar-refractivity contribution is 7.84. The normalized spacial score (nSPS) is 25.1. The maximum absolute atomic E-state index is 11.5. The van der Waals surface area contributed by atoms with Crippen LogP contribution in [0.25, 0.3) is 0 Å². The van der Waals surface area contributed by atoms with Crippen molar-refractivity contribution in [3.05, 3.63) is 34.9 Å². The van der Waals surface area contributed by atoms with Gasteiger partial charge in [0.15, 0.2) is 12.0 Å². The Kier molecular flexibility index (Phi) is 4.92. The van der Waals surface area contributed by atoms with E-state index in [1.54, 1.807) is 19.9 Å². The molecule has 2 rings (SSSR count). The summed E-state index contributed by atoms with van der Waals surface area (Å²) < 4.78 is 41.1. The van der Waals surface area contributed by atoms with Crippen LogP contribution in [0.2, 0.25) is 5.02 Å². The fourth-order valence-corrected chi connectivity index (χ4v) is 2.95. The molecule has 0 unspecified atom stereocenters. The number of halogens is 1. The third-order valence-corrected chi connectivity index (χ3v) is 4.37. The molecule has 0 saturated carbocycles. The summed E-state index contributed by atoms with van der Waals surface area (Å²) >= 11 is 6.12. The average Bonchev–Trinajstić information content (AvgIpc) is 2.66. The molecular formula is C13H18ClNO5S. The second-order valence-electron chi connectivity index (χ2n) is 5.13. The lowest BCUT2D eigenvalue weighted by Crippen LogP contribution is -2.43. The molecule has 1 aliphatic heterocycles. The van der Waals surface area contributed by atoms with Crippen molar-refractivity contribution in [3.8, 4) is 0 Å². The number of nitrogens with one attached hydrogen (secondary N) is 1. The van der Waals surface area contributed by atoms with Gasteiger partial charge in [0.1, 0.15) is 6.10 Å². The lowest BCUT2D eigenvalue weighted by molar-refractivity contribution is -0.146. The van der Waals surface area contributed by atoms with Crippen molar-refractivity contribution < 1.29 is 22.1 Å². The Hall–Kier alpha value is -0.700. The van der Waals surface area contributed by atoms with Gasteiger partial charge >= 0.3 is 10.3 Å². The van der Waals surface area contributed by atoms with Gasteiger partial charge in [-0.25, -0.2) is 0 Å². The van der Waals surface area contributed by atoms with Crippen molar-refractivity contribution in [1.29, 1.82) is 0 Å². The smallest absolute Gasteiger partial charge is 0.337 e. The Balaban J connectivity index is 2.17. The van der Waals surface area contributed by atoms with Crippen LogP contribution >= 0.6 is 11.6 Å². The van der Waals surface area contributed by atoms with E-state index in [0.717, 1.165) is 12.7 Å². The average molecular weight is 336 g/mol. The van der Waals surface area contributed by atoms with E-state index in [1.807, 2.05) is 18.2 Å². The topological polar surface area (TPSA) is 73.9 Å². The van der Waals surface area contributed by atoms with Crippen LogP contribution in [0.3, 0.4) is 0 Å². The zero-order valence-corrected chi connectivity index (χ0v) is 13.6. The van der Waals surface area contributed by atoms with E-state index >= 15 is 0 Å². The van der Waals surface area contributed by atoms with E-state index < -0.39 is 28.4 Å². The molecular weight excluding hydrogens is 318 g/mol. The second kappa shape index (κ2) is 6.20. The molecule has 2 atom stereocenters. The van der Waals surface area contributed by atoms with Crippen LogP contribution in [0.4, 0.5) is 0 Å². The summed E-state index contributed by atoms with van der Waals surface area (Å²) in [5.41, 5.74) is 0.854. The van der Waals surface area contributed by atoms with Gasteiger partial charge in [0.25, 0.3) is 0 Å². The minimum absolute atomic E-state index is 0.417. The molecule has 1 fully saturated rings. The van der Waals surface area contributed by atoms with Gasteiger partial charge in [0.05, 0.1) is 7.11 Å². The fraction of sp³-hybridized carbons (Fsp3) is 0.538. The maximum atomic E-state index is 11.5. The first-order valence-electron chi connectivity index (χ1n) is 6.39. The third-order valence-electron chi connectivity index (χ3n) is 3.04. The number of hydrogen-bond donors (Lipinski definition) is 1. The summed E-state index contributed by atoms with van der Waals surface area (Å²) in [6, 6.07) is 7.31. The van der Waals surface area contributed by atoms with Gasteiger partial charge in [-0.15, -0.1) is 0 Å². The predicted molar refractivity (Wildman–Crippen MR) is 78.0 cm³/mol. The van der Waals surface area contributed by atoms with E-state index in [2.05, 4.69) is 8.91 Å². The van der Waals surface area contributed by atoms with Crippen LogP contribution in [0.15, 0.2) is 24.3 Å². The molecule has 0 bridgehead atoms. The van der Waals surface area contributed by atoms with Crippen molar-refractivity contribution in [1.82, 2.24) is 4.72 Å². The first-order valence-corrected chi connectivity index (χ1v) is 8.18. The predicted octanol–water partition coefficient (Wildman–Crippen LogP) is 1.84. The molecule has 1 aromatic rings. The molecule has 118 valence electrons. The summed E-state index contributed by atoms with van der Waals surface area (Å²) in [5, 5.41) is 0.596. The minimum Gasteiger partial charge on any atom is -0.343 e. The Morgan fingerprint density at radius 3 is 2.62 bits per heavy atom. The summed E-state index contributed by atoms with van der Waals surface area (Å²) in [6.45, 7) is 3.43. The molecule has 0 spiro atoms. The Labute approximate surface area is 129 Å². The van der Waals surface area contributed by atoms with Crippen LogP contribution in [0.5, 0.6) is 0 Å². The lowest BCUT2D eigenvalue weighted by Gasteiger charge is -2.17. The van der Waals surface area contributed by atoms with Crippen molar-refractivity contribution in [2.75, 3.05) is 7.11 Å². The molecule has 6 nitrogen and oxygen atoms in total. The van der Waals surface area contributed by atoms with Gasteiger partial charge in [0, 0.05) is 11.4 Å². The monoisotopic (exact) mass is 335 g/mol. The standard InChI is InChI=1S/C13H18ClNO5S/c1-13(2)19-11(8-9-6-4-5-7-10(9)14)12(20-13)15-21(16,17)18-3/h4-7,11-12,15H,8H2,1-3H3/t11-,12-/m1/s1. The largest absolute Gasteiger partial charge is 0.343 e. The van der Waals surface area contributed by atoms with E-state index in [0.29, 0.717) is 11.4 Å². The quantitative estimate of drug-likeness (QED) is 0.888. The third kappa shape index (κ3) is 4.38. The van der Waals surface area contributed by atoms with Crippen LogP contribution in [-0.2, 0) is 30.4 Å². The highest BCUT2D eigenvalue weighted by Crippen LogP contribution is 2.30. The van der Waals surface area contributed by atoms with Crippen LogP contribution < -0.4 is 4.72 Å². The molecule has 0 amide bonds. The summed E-state index contributed by atoms with van der Waals surface area (Å²) in [7, 11) is -2.80. The number of ether oxygens (including phenoxy) is 2. The first-order chi connectivity index (χ1) is 9.72. The van der Waals surface area contributed by atoms with Crippen molar-refractivity contribution in [2.45, 2.75) is 38.4 Å². The minimum atomic E-state index is -3.88. The molecule has 8 heteroatoms. The van der Waals surface area contributed by atoms with Crippen LogP contribution in [-0.4, -0.2) is 33.6 Å². The highest BCUT2D eigenvalue weighted by atomic mass is 35.5. The number of rotatable bonds is 5. The zero-order chi connectivity index (χ0) is 15.7. The van der Waals surface area contributed by atoms with Crippen molar-refractivity contribution >= 4 is 21.9 Å². The Bertz CT molecular complexity index is 604. The molecule has 21 heavy (non-hydrogen) atoms.